The summed E-state index contributed by atoms with van der Waals surface area (Å²) in [4.78, 5) is 5.22. The smallest absolute Gasteiger partial charge is 0.180 e. The van der Waals surface area contributed by atoms with Crippen LogP contribution in [0.15, 0.2) is 180 Å². The van der Waals surface area contributed by atoms with Crippen LogP contribution in [-0.4, -0.2) is 11.7 Å². The summed E-state index contributed by atoms with van der Waals surface area (Å²) in [7, 11) is 0. The zero-order valence-corrected chi connectivity index (χ0v) is 28.0. The molecule has 0 saturated heterocycles. The van der Waals surface area contributed by atoms with Crippen LogP contribution in [0.25, 0.3) is 0 Å². The molecule has 0 N–H and O–H groups in total. The molecule has 0 spiro atoms. The normalized spacial score (nSPS) is 17.3. The van der Waals surface area contributed by atoms with E-state index in [-0.39, 0.29) is 11.8 Å². The van der Waals surface area contributed by atoms with Crippen molar-refractivity contribution >= 4 is 45.8 Å². The van der Waals surface area contributed by atoms with Crippen molar-refractivity contribution in [1.82, 2.24) is 10.7 Å². The molecular formula is C46H30N6. The van der Waals surface area contributed by atoms with E-state index in [9.17, 15) is 0 Å². The van der Waals surface area contributed by atoms with E-state index in [1.807, 2.05) is 48.5 Å². The predicted molar refractivity (Wildman–Crippen MR) is 208 cm³/mol. The average molecular weight is 667 g/mol. The highest BCUT2D eigenvalue weighted by Crippen LogP contribution is 2.59. The quantitative estimate of drug-likeness (QED) is 0.188. The van der Waals surface area contributed by atoms with Crippen molar-refractivity contribution in [2.75, 3.05) is 10.0 Å². The molecule has 2 bridgehead atoms. The Kier molecular flexibility index (Phi) is 6.28. The molecule has 2 heterocycles. The zero-order chi connectivity index (χ0) is 34.2. The molecule has 2 aliphatic heterocycles. The molecule has 5 aliphatic rings. The van der Waals surface area contributed by atoms with Gasteiger partial charge in [0.05, 0.1) is 34.1 Å². The Morgan fingerprint density at radius 3 is 1.40 bits per heavy atom. The van der Waals surface area contributed by atoms with E-state index < -0.39 is 0 Å². The highest BCUT2D eigenvalue weighted by molar-refractivity contribution is 6.06. The Morgan fingerprint density at radius 2 is 0.827 bits per heavy atom. The molecule has 0 saturated carbocycles. The van der Waals surface area contributed by atoms with Crippen LogP contribution in [0.5, 0.6) is 0 Å². The van der Waals surface area contributed by atoms with Gasteiger partial charge >= 0.3 is 0 Å². The third-order valence-electron chi connectivity index (χ3n) is 10.6. The number of hydrogen-bond donors (Lipinski definition) is 0. The van der Waals surface area contributed by atoms with Crippen LogP contribution in [-0.2, 0) is 0 Å². The monoisotopic (exact) mass is 666 g/mol. The van der Waals surface area contributed by atoms with Crippen LogP contribution in [0.4, 0.5) is 34.1 Å². The molecule has 0 fully saturated rings. The summed E-state index contributed by atoms with van der Waals surface area (Å²) in [6, 6.07) is 59.5. The molecule has 0 aromatic heterocycles. The van der Waals surface area contributed by atoms with Gasteiger partial charge in [-0.15, -0.1) is 10.5 Å². The van der Waals surface area contributed by atoms with Crippen LogP contribution >= 0.6 is 0 Å². The van der Waals surface area contributed by atoms with Gasteiger partial charge in [-0.1, -0.05) is 121 Å². The number of hydrogen-bond acceptors (Lipinski definition) is 4. The molecule has 244 valence electrons. The summed E-state index contributed by atoms with van der Waals surface area (Å²) >= 11 is 0. The molecule has 2 radical (unpaired) electrons. The van der Waals surface area contributed by atoms with E-state index in [0.717, 1.165) is 45.3 Å². The number of hydrazone groups is 1. The van der Waals surface area contributed by atoms with E-state index in [4.69, 9.17) is 20.8 Å². The van der Waals surface area contributed by atoms with Gasteiger partial charge in [-0.05, 0) is 81.9 Å². The first-order valence-corrected chi connectivity index (χ1v) is 17.6. The van der Waals surface area contributed by atoms with Gasteiger partial charge in [-0.25, -0.2) is 20.3 Å². The minimum Gasteiger partial charge on any atom is -0.229 e. The van der Waals surface area contributed by atoms with Crippen molar-refractivity contribution in [3.05, 3.63) is 214 Å². The third kappa shape index (κ3) is 4.37. The maximum Gasteiger partial charge on any atom is 0.180 e. The lowest BCUT2D eigenvalue weighted by Crippen LogP contribution is -2.36. The maximum absolute atomic E-state index is 5.22. The van der Waals surface area contributed by atoms with Gasteiger partial charge in [0.1, 0.15) is 0 Å². The molecule has 2 unspecified atom stereocenters. The van der Waals surface area contributed by atoms with E-state index >= 15 is 0 Å². The second-order valence-electron chi connectivity index (χ2n) is 13.5. The van der Waals surface area contributed by atoms with Crippen molar-refractivity contribution in [3.63, 3.8) is 0 Å². The largest absolute Gasteiger partial charge is 0.229 e. The number of anilines is 4. The fourth-order valence-electron chi connectivity index (χ4n) is 8.30. The first-order valence-electron chi connectivity index (χ1n) is 17.6. The van der Waals surface area contributed by atoms with Gasteiger partial charge in [0.2, 0.25) is 0 Å². The Labute approximate surface area is 302 Å². The van der Waals surface area contributed by atoms with Gasteiger partial charge in [-0.3, -0.25) is 0 Å². The lowest BCUT2D eigenvalue weighted by molar-refractivity contribution is 0.750. The lowest BCUT2D eigenvalue weighted by Gasteiger charge is -2.44. The van der Waals surface area contributed by atoms with Gasteiger partial charge in [0.25, 0.3) is 0 Å². The Morgan fingerprint density at radius 1 is 0.385 bits per heavy atom. The summed E-state index contributed by atoms with van der Waals surface area (Å²) in [6.07, 6.45) is 0. The Hall–Kier alpha value is -6.92. The Bertz CT molecular complexity index is 2580. The summed E-state index contributed by atoms with van der Waals surface area (Å²) in [5.74, 6) is 1.44. The lowest BCUT2D eigenvalue weighted by atomic mass is 9.60. The topological polar surface area (TPSA) is 59.4 Å². The van der Waals surface area contributed by atoms with Gasteiger partial charge in [-0.2, -0.15) is 0 Å². The number of aliphatic imine (C=N–C) groups is 1. The number of nitrogens with zero attached hydrogens (tertiary/aromatic N) is 6. The van der Waals surface area contributed by atoms with E-state index in [0.29, 0.717) is 11.7 Å². The van der Waals surface area contributed by atoms with Crippen LogP contribution in [0.2, 0.25) is 0 Å². The van der Waals surface area contributed by atoms with Crippen LogP contribution in [0.1, 0.15) is 56.3 Å². The highest BCUT2D eigenvalue weighted by Gasteiger charge is 2.44. The van der Waals surface area contributed by atoms with Gasteiger partial charge in [0.15, 0.2) is 11.7 Å². The Balaban J connectivity index is 1.12. The third-order valence-corrected chi connectivity index (χ3v) is 10.6. The summed E-state index contributed by atoms with van der Waals surface area (Å²) in [5, 5.41) is 14.5. The maximum atomic E-state index is 5.22. The van der Waals surface area contributed by atoms with Crippen molar-refractivity contribution < 1.29 is 0 Å². The summed E-state index contributed by atoms with van der Waals surface area (Å²) in [5.41, 5.74) is 20.7. The van der Waals surface area contributed by atoms with E-state index in [2.05, 4.69) is 131 Å². The fourth-order valence-corrected chi connectivity index (χ4v) is 8.30. The predicted octanol–water partition coefficient (Wildman–Crippen LogP) is 10.2. The molecule has 7 aromatic carbocycles. The van der Waals surface area contributed by atoms with Crippen molar-refractivity contribution in [2.24, 2.45) is 10.1 Å². The molecule has 52 heavy (non-hydrogen) atoms. The molecule has 7 aromatic rings. The van der Waals surface area contributed by atoms with Crippen molar-refractivity contribution in [1.29, 1.82) is 0 Å². The SMILES string of the molecule is c1ccc(C2=Nc3cc4c(cc3N(c3ccccc3)[N]2)C2c3ccccc3C4c3cc4c(cc32)[N]C(c2ccccc2)=NN4c2ccccc2)cc1. The molecule has 0 amide bonds. The molecule has 3 aliphatic carbocycles. The van der Waals surface area contributed by atoms with Crippen LogP contribution in [0.3, 0.4) is 0 Å². The van der Waals surface area contributed by atoms with E-state index in [1.165, 1.54) is 33.4 Å². The first kappa shape index (κ1) is 28.9. The number of fused-ring (bicyclic) bond motifs is 2. The minimum atomic E-state index is 0.0262. The molecule has 12 rings (SSSR count). The second kappa shape index (κ2) is 11.3. The first-order chi connectivity index (χ1) is 25.8. The number of benzene rings is 7. The van der Waals surface area contributed by atoms with E-state index in [1.54, 1.807) is 0 Å². The van der Waals surface area contributed by atoms with Gasteiger partial charge < -0.3 is 0 Å². The summed E-state index contributed by atoms with van der Waals surface area (Å²) in [6.45, 7) is 0. The van der Waals surface area contributed by atoms with Crippen LogP contribution in [0, 0.1) is 0 Å². The summed E-state index contributed by atoms with van der Waals surface area (Å²) < 4.78 is 0. The molecular weight excluding hydrogens is 637 g/mol. The molecule has 2 atom stereocenters. The standard InChI is InChI=1S/C46H30N6/c1-5-15-29(16-6-1)45-47-39-25-35-37(27-41(39)51(49-45)31-19-9-3-10-20-31)44-34-24-14-13-23-33(34)43(35)38-28-42-40(26-36(38)44)48-46(30-17-7-2-8-18-30)50-52(42)32-21-11-4-12-22-32/h1-28,43-44H. The number of amidine groups is 2. The highest BCUT2D eigenvalue weighted by atomic mass is 15.5. The van der Waals surface area contributed by atoms with Crippen LogP contribution < -0.4 is 20.8 Å². The number of rotatable bonds is 4. The molecule has 6 heteroatoms. The number of para-hydroxylation sites is 2. The van der Waals surface area contributed by atoms with Crippen molar-refractivity contribution in [3.8, 4) is 0 Å². The fraction of sp³-hybridized carbons (Fsp3) is 0.0435. The molecule has 6 nitrogen and oxygen atoms in total. The van der Waals surface area contributed by atoms with Gasteiger partial charge in [0, 0.05) is 23.0 Å². The average Bonchev–Trinajstić information content (AvgIpc) is 3.22. The minimum absolute atomic E-state index is 0.0262. The zero-order valence-electron chi connectivity index (χ0n) is 28.0. The second-order valence-corrected chi connectivity index (χ2v) is 13.5. The van der Waals surface area contributed by atoms with Crippen molar-refractivity contribution in [2.45, 2.75) is 11.8 Å².